The van der Waals surface area contributed by atoms with E-state index in [1.807, 2.05) is 19.2 Å². The van der Waals surface area contributed by atoms with Crippen molar-refractivity contribution in [3.63, 3.8) is 0 Å². The van der Waals surface area contributed by atoms with Crippen LogP contribution in [0, 0.1) is 0 Å². The number of nitrogens with zero attached hydrogens (tertiary/aromatic N) is 2. The zero-order valence-corrected chi connectivity index (χ0v) is 16.6. The van der Waals surface area contributed by atoms with Crippen LogP contribution in [0.15, 0.2) is 29.3 Å². The van der Waals surface area contributed by atoms with Crippen molar-refractivity contribution in [3.8, 4) is 5.75 Å². The van der Waals surface area contributed by atoms with Gasteiger partial charge in [-0.2, -0.15) is 0 Å². The molecule has 1 unspecified atom stereocenters. The van der Waals surface area contributed by atoms with Crippen LogP contribution in [0.2, 0.25) is 0 Å². The number of rotatable bonds is 11. The third kappa shape index (κ3) is 8.77. The zero-order chi connectivity index (χ0) is 18.5. The molecule has 0 bridgehead atoms. The Morgan fingerprint density at radius 2 is 1.88 bits per heavy atom. The van der Waals surface area contributed by atoms with Crippen molar-refractivity contribution >= 4 is 5.96 Å². The molecule has 25 heavy (non-hydrogen) atoms. The van der Waals surface area contributed by atoms with Gasteiger partial charge < -0.3 is 20.3 Å². The lowest BCUT2D eigenvalue weighted by molar-refractivity contribution is 0.292. The molecule has 0 radical (unpaired) electrons. The Morgan fingerprint density at radius 3 is 2.44 bits per heavy atom. The van der Waals surface area contributed by atoms with Crippen LogP contribution >= 0.6 is 0 Å². The van der Waals surface area contributed by atoms with Crippen LogP contribution < -0.4 is 15.4 Å². The van der Waals surface area contributed by atoms with Crippen molar-refractivity contribution in [1.29, 1.82) is 0 Å². The number of guanidine groups is 1. The Kier molecular flexibility index (Phi) is 10.7. The van der Waals surface area contributed by atoms with Gasteiger partial charge in [-0.05, 0) is 63.5 Å². The van der Waals surface area contributed by atoms with Crippen LogP contribution in [0.4, 0.5) is 0 Å². The summed E-state index contributed by atoms with van der Waals surface area (Å²) in [5.41, 5.74) is 1.29. The Hall–Kier alpha value is -1.75. The van der Waals surface area contributed by atoms with Crippen LogP contribution in [-0.2, 0) is 6.42 Å². The van der Waals surface area contributed by atoms with Gasteiger partial charge in [0.05, 0.1) is 7.11 Å². The Morgan fingerprint density at radius 1 is 1.20 bits per heavy atom. The van der Waals surface area contributed by atoms with Gasteiger partial charge in [-0.3, -0.25) is 4.99 Å². The molecule has 2 N–H and O–H groups in total. The summed E-state index contributed by atoms with van der Waals surface area (Å²) in [6, 6.07) is 8.63. The summed E-state index contributed by atoms with van der Waals surface area (Å²) in [5, 5.41) is 6.88. The molecule has 5 heteroatoms. The first kappa shape index (κ1) is 21.3. The van der Waals surface area contributed by atoms with Gasteiger partial charge in [0.2, 0.25) is 0 Å². The van der Waals surface area contributed by atoms with E-state index in [0.717, 1.165) is 44.2 Å². The number of aliphatic imine (C=N–C) groups is 1. The van der Waals surface area contributed by atoms with Crippen molar-refractivity contribution in [2.24, 2.45) is 4.99 Å². The first-order valence-corrected chi connectivity index (χ1v) is 9.45. The molecule has 0 heterocycles. The molecule has 1 aromatic rings. The van der Waals surface area contributed by atoms with Gasteiger partial charge >= 0.3 is 0 Å². The molecule has 0 aromatic heterocycles. The molecule has 0 spiro atoms. The summed E-state index contributed by atoms with van der Waals surface area (Å²) >= 11 is 0. The van der Waals surface area contributed by atoms with Gasteiger partial charge in [0, 0.05) is 19.6 Å². The third-order valence-corrected chi connectivity index (χ3v) is 4.48. The quantitative estimate of drug-likeness (QED) is 0.477. The molecule has 1 atom stereocenters. The van der Waals surface area contributed by atoms with E-state index >= 15 is 0 Å². The first-order valence-electron chi connectivity index (χ1n) is 9.45. The average Bonchev–Trinajstić information content (AvgIpc) is 2.65. The monoisotopic (exact) mass is 348 g/mol. The highest BCUT2D eigenvalue weighted by Gasteiger charge is 2.06. The van der Waals surface area contributed by atoms with Crippen LogP contribution in [0.3, 0.4) is 0 Å². The summed E-state index contributed by atoms with van der Waals surface area (Å²) in [6.07, 6.45) is 3.31. The molecule has 1 rings (SSSR count). The summed E-state index contributed by atoms with van der Waals surface area (Å²) in [7, 11) is 3.51. The standard InChI is InChI=1S/C20H36N4O/c1-6-24(7-2)16-8-9-17(3)23-20(21-4)22-15-14-18-10-12-19(25-5)13-11-18/h10-13,17H,6-9,14-16H2,1-5H3,(H2,21,22,23). The Labute approximate surface area is 153 Å². The average molecular weight is 349 g/mol. The van der Waals surface area contributed by atoms with Crippen LogP contribution in [-0.4, -0.2) is 57.2 Å². The smallest absolute Gasteiger partial charge is 0.191 e. The van der Waals surface area contributed by atoms with E-state index in [-0.39, 0.29) is 0 Å². The van der Waals surface area contributed by atoms with Gasteiger partial charge in [0.15, 0.2) is 5.96 Å². The lowest BCUT2D eigenvalue weighted by Gasteiger charge is -2.21. The lowest BCUT2D eigenvalue weighted by atomic mass is 10.1. The normalized spacial score (nSPS) is 13.0. The van der Waals surface area contributed by atoms with Gasteiger partial charge in [0.25, 0.3) is 0 Å². The zero-order valence-electron chi connectivity index (χ0n) is 16.6. The van der Waals surface area contributed by atoms with E-state index in [9.17, 15) is 0 Å². The minimum Gasteiger partial charge on any atom is -0.497 e. The van der Waals surface area contributed by atoms with Crippen molar-refractivity contribution in [3.05, 3.63) is 29.8 Å². The van der Waals surface area contributed by atoms with E-state index < -0.39 is 0 Å². The number of hydrogen-bond acceptors (Lipinski definition) is 3. The fourth-order valence-electron chi connectivity index (χ4n) is 2.78. The lowest BCUT2D eigenvalue weighted by Crippen LogP contribution is -2.43. The maximum absolute atomic E-state index is 5.19. The third-order valence-electron chi connectivity index (χ3n) is 4.48. The predicted molar refractivity (Wildman–Crippen MR) is 108 cm³/mol. The van der Waals surface area contributed by atoms with Crippen LogP contribution in [0.25, 0.3) is 0 Å². The second-order valence-electron chi connectivity index (χ2n) is 6.31. The van der Waals surface area contributed by atoms with Gasteiger partial charge in [0.1, 0.15) is 5.75 Å². The minimum absolute atomic E-state index is 0.419. The first-order chi connectivity index (χ1) is 12.1. The highest BCUT2D eigenvalue weighted by atomic mass is 16.5. The van der Waals surface area contributed by atoms with E-state index in [0.29, 0.717) is 6.04 Å². The molecule has 1 aromatic carbocycles. The SMILES string of the molecule is CCN(CC)CCCC(C)NC(=NC)NCCc1ccc(OC)cc1. The number of hydrogen-bond donors (Lipinski definition) is 2. The summed E-state index contributed by atoms with van der Waals surface area (Å²) in [6.45, 7) is 11.0. The molecular weight excluding hydrogens is 312 g/mol. The van der Waals surface area contributed by atoms with Gasteiger partial charge in [-0.25, -0.2) is 0 Å². The second-order valence-corrected chi connectivity index (χ2v) is 6.31. The molecule has 0 aliphatic carbocycles. The molecule has 0 fully saturated rings. The maximum Gasteiger partial charge on any atom is 0.191 e. The maximum atomic E-state index is 5.19. The highest BCUT2D eigenvalue weighted by Crippen LogP contribution is 2.11. The molecule has 0 amide bonds. The number of benzene rings is 1. The molecular formula is C20H36N4O. The van der Waals surface area contributed by atoms with Crippen molar-refractivity contribution in [1.82, 2.24) is 15.5 Å². The molecule has 0 aliphatic heterocycles. The topological polar surface area (TPSA) is 48.9 Å². The molecule has 0 aliphatic rings. The summed E-state index contributed by atoms with van der Waals surface area (Å²) in [5.74, 6) is 1.77. The molecule has 5 nitrogen and oxygen atoms in total. The van der Waals surface area contributed by atoms with Crippen LogP contribution in [0.1, 0.15) is 39.2 Å². The number of nitrogens with one attached hydrogen (secondary N) is 2. The molecule has 142 valence electrons. The van der Waals surface area contributed by atoms with E-state index in [2.05, 4.69) is 53.4 Å². The summed E-state index contributed by atoms with van der Waals surface area (Å²) < 4.78 is 5.19. The van der Waals surface area contributed by atoms with Crippen LogP contribution in [0.5, 0.6) is 5.75 Å². The van der Waals surface area contributed by atoms with Crippen molar-refractivity contribution in [2.75, 3.05) is 40.3 Å². The van der Waals surface area contributed by atoms with Gasteiger partial charge in [-0.1, -0.05) is 26.0 Å². The molecule has 0 saturated heterocycles. The minimum atomic E-state index is 0.419. The Bertz CT molecular complexity index is 483. The highest BCUT2D eigenvalue weighted by molar-refractivity contribution is 5.79. The van der Waals surface area contributed by atoms with E-state index in [4.69, 9.17) is 4.74 Å². The number of methoxy groups -OCH3 is 1. The summed E-state index contributed by atoms with van der Waals surface area (Å²) in [4.78, 5) is 6.79. The fraction of sp³-hybridized carbons (Fsp3) is 0.650. The molecule has 0 saturated carbocycles. The van der Waals surface area contributed by atoms with E-state index in [1.54, 1.807) is 7.11 Å². The predicted octanol–water partition coefficient (Wildman–Crippen LogP) is 2.91. The largest absolute Gasteiger partial charge is 0.497 e. The Balaban J connectivity index is 2.26. The van der Waals surface area contributed by atoms with E-state index in [1.165, 1.54) is 18.5 Å². The fourth-order valence-corrected chi connectivity index (χ4v) is 2.78. The van der Waals surface area contributed by atoms with Crippen molar-refractivity contribution in [2.45, 2.75) is 46.1 Å². The van der Waals surface area contributed by atoms with Gasteiger partial charge in [-0.15, -0.1) is 0 Å². The number of ether oxygens (including phenoxy) is 1. The van der Waals surface area contributed by atoms with Crippen molar-refractivity contribution < 1.29 is 4.74 Å². The second kappa shape index (κ2) is 12.6.